The highest BCUT2D eigenvalue weighted by Crippen LogP contribution is 2.30. The van der Waals surface area contributed by atoms with E-state index < -0.39 is 6.04 Å². The fourth-order valence-corrected chi connectivity index (χ4v) is 3.57. The third-order valence-corrected chi connectivity index (χ3v) is 4.90. The number of ketones is 2. The van der Waals surface area contributed by atoms with Crippen LogP contribution in [0.1, 0.15) is 53.8 Å². The van der Waals surface area contributed by atoms with Crippen molar-refractivity contribution in [2.24, 2.45) is 0 Å². The first-order valence-corrected chi connectivity index (χ1v) is 9.17. The molecule has 0 unspecified atom stereocenters. The molecule has 2 aliphatic rings. The zero-order valence-electron chi connectivity index (χ0n) is 15.6. The summed E-state index contributed by atoms with van der Waals surface area (Å²) in [5.41, 5.74) is 2.80. The van der Waals surface area contributed by atoms with Crippen LogP contribution in [0.2, 0.25) is 0 Å². The molecule has 4 heteroatoms. The van der Waals surface area contributed by atoms with Crippen molar-refractivity contribution in [3.05, 3.63) is 82.5 Å². The second kappa shape index (κ2) is 8.12. The van der Waals surface area contributed by atoms with Crippen LogP contribution in [-0.4, -0.2) is 23.5 Å². The van der Waals surface area contributed by atoms with Gasteiger partial charge < -0.3 is 5.32 Å². The molecule has 0 saturated carbocycles. The van der Waals surface area contributed by atoms with Crippen LogP contribution in [0.5, 0.6) is 0 Å². The van der Waals surface area contributed by atoms with Crippen molar-refractivity contribution in [2.45, 2.75) is 39.2 Å². The summed E-state index contributed by atoms with van der Waals surface area (Å²) < 4.78 is 0. The van der Waals surface area contributed by atoms with E-state index in [1.807, 2.05) is 12.2 Å². The molecule has 1 amide bonds. The number of nitrogens with one attached hydrogen (secondary N) is 1. The highest BCUT2D eigenvalue weighted by molar-refractivity contribution is 6.27. The fraction of sp³-hybridized carbons (Fsp3) is 0.261. The van der Waals surface area contributed by atoms with E-state index in [-0.39, 0.29) is 17.5 Å². The van der Waals surface area contributed by atoms with Crippen molar-refractivity contribution < 1.29 is 14.4 Å². The van der Waals surface area contributed by atoms with Crippen LogP contribution < -0.4 is 5.32 Å². The van der Waals surface area contributed by atoms with E-state index in [1.54, 1.807) is 31.2 Å². The molecule has 2 aliphatic carbocycles. The monoisotopic (exact) mass is 361 g/mol. The minimum Gasteiger partial charge on any atom is -0.349 e. The topological polar surface area (TPSA) is 63.2 Å². The zero-order chi connectivity index (χ0) is 19.4. The number of amides is 1. The standard InChI is InChI=1S/C23H23NO3/c1-15-21(23(27)19-12-8-7-11-18(19)22(15)26)20(24-16(2)25)14-13-17-9-5-3-4-6-10-17/h3,5-12,20H,4,13-14H2,1-2H3,(H,24,25)/t20-/m0/s1. The summed E-state index contributed by atoms with van der Waals surface area (Å²) in [5, 5.41) is 2.88. The third-order valence-electron chi connectivity index (χ3n) is 4.90. The molecule has 0 aliphatic heterocycles. The molecule has 0 heterocycles. The SMILES string of the molecule is CC(=O)N[C@@H](CCC1=CC=CCC=C1)C1=C(C)C(=O)c2ccccc2C1=O. The van der Waals surface area contributed by atoms with E-state index in [2.05, 4.69) is 23.5 Å². The number of hydrogen-bond donors (Lipinski definition) is 1. The van der Waals surface area contributed by atoms with Crippen molar-refractivity contribution in [2.75, 3.05) is 0 Å². The summed E-state index contributed by atoms with van der Waals surface area (Å²) in [6.07, 6.45) is 12.4. The van der Waals surface area contributed by atoms with Gasteiger partial charge in [-0.3, -0.25) is 14.4 Å². The molecular weight excluding hydrogens is 338 g/mol. The summed E-state index contributed by atoms with van der Waals surface area (Å²) in [6, 6.07) is 6.37. The lowest BCUT2D eigenvalue weighted by Gasteiger charge is -2.26. The highest BCUT2D eigenvalue weighted by Gasteiger charge is 2.34. The van der Waals surface area contributed by atoms with Crippen molar-refractivity contribution in [3.63, 3.8) is 0 Å². The molecule has 4 nitrogen and oxygen atoms in total. The quantitative estimate of drug-likeness (QED) is 0.858. The van der Waals surface area contributed by atoms with Gasteiger partial charge in [0.25, 0.3) is 0 Å². The summed E-state index contributed by atoms with van der Waals surface area (Å²) >= 11 is 0. The Morgan fingerprint density at radius 2 is 1.81 bits per heavy atom. The maximum atomic E-state index is 13.1. The van der Waals surface area contributed by atoms with Crippen molar-refractivity contribution in [1.82, 2.24) is 5.32 Å². The molecule has 27 heavy (non-hydrogen) atoms. The lowest BCUT2D eigenvalue weighted by molar-refractivity contribution is -0.119. The van der Waals surface area contributed by atoms with Gasteiger partial charge in [0.15, 0.2) is 11.6 Å². The van der Waals surface area contributed by atoms with Crippen LogP contribution in [0.15, 0.2) is 71.4 Å². The van der Waals surface area contributed by atoms with Gasteiger partial charge in [0.1, 0.15) is 0 Å². The molecule has 0 radical (unpaired) electrons. The minimum absolute atomic E-state index is 0.146. The Bertz CT molecular complexity index is 915. The molecule has 1 atom stereocenters. The Kier molecular flexibility index (Phi) is 5.65. The second-order valence-electron chi connectivity index (χ2n) is 6.84. The maximum Gasteiger partial charge on any atom is 0.217 e. The summed E-state index contributed by atoms with van der Waals surface area (Å²) in [4.78, 5) is 37.6. The van der Waals surface area contributed by atoms with Gasteiger partial charge in [0, 0.05) is 29.2 Å². The van der Waals surface area contributed by atoms with Gasteiger partial charge in [-0.25, -0.2) is 0 Å². The van der Waals surface area contributed by atoms with Crippen LogP contribution in [0.3, 0.4) is 0 Å². The van der Waals surface area contributed by atoms with E-state index in [9.17, 15) is 14.4 Å². The molecular formula is C23H23NO3. The minimum atomic E-state index is -0.492. The summed E-state index contributed by atoms with van der Waals surface area (Å²) in [5.74, 6) is -0.538. The predicted octanol–water partition coefficient (Wildman–Crippen LogP) is 4.11. The first-order valence-electron chi connectivity index (χ1n) is 9.17. The number of rotatable bonds is 5. The van der Waals surface area contributed by atoms with Gasteiger partial charge in [-0.05, 0) is 31.8 Å². The molecule has 3 rings (SSSR count). The largest absolute Gasteiger partial charge is 0.349 e. The van der Waals surface area contributed by atoms with E-state index in [0.29, 0.717) is 35.1 Å². The Balaban J connectivity index is 1.92. The van der Waals surface area contributed by atoms with Crippen LogP contribution in [-0.2, 0) is 4.79 Å². The van der Waals surface area contributed by atoms with Gasteiger partial charge >= 0.3 is 0 Å². The number of carbonyl (C=O) groups is 3. The molecule has 0 spiro atoms. The van der Waals surface area contributed by atoms with E-state index in [1.165, 1.54) is 6.92 Å². The maximum absolute atomic E-state index is 13.1. The second-order valence-corrected chi connectivity index (χ2v) is 6.84. The number of hydrogen-bond acceptors (Lipinski definition) is 3. The van der Waals surface area contributed by atoms with E-state index in [0.717, 1.165) is 12.0 Å². The van der Waals surface area contributed by atoms with E-state index in [4.69, 9.17) is 0 Å². The molecule has 138 valence electrons. The average Bonchev–Trinajstić information content (AvgIpc) is 2.93. The Hall–Kier alpha value is -3.01. The Morgan fingerprint density at radius 3 is 2.52 bits per heavy atom. The smallest absolute Gasteiger partial charge is 0.217 e. The number of allylic oxidation sites excluding steroid dienone is 7. The molecule has 0 saturated heterocycles. The lowest BCUT2D eigenvalue weighted by Crippen LogP contribution is -2.40. The molecule has 0 fully saturated rings. The molecule has 1 N–H and O–H groups in total. The number of benzene rings is 1. The predicted molar refractivity (Wildman–Crippen MR) is 106 cm³/mol. The van der Waals surface area contributed by atoms with Crippen molar-refractivity contribution in [3.8, 4) is 0 Å². The third kappa shape index (κ3) is 4.05. The van der Waals surface area contributed by atoms with Crippen LogP contribution in [0.25, 0.3) is 0 Å². The normalized spacial score (nSPS) is 17.3. The number of Topliss-reactive ketones (excluding diaryl/α,β-unsaturated/α-hetero) is 2. The molecule has 1 aromatic rings. The first-order chi connectivity index (χ1) is 13.0. The average molecular weight is 361 g/mol. The van der Waals surface area contributed by atoms with Crippen LogP contribution in [0.4, 0.5) is 0 Å². The van der Waals surface area contributed by atoms with Gasteiger partial charge in [-0.15, -0.1) is 0 Å². The van der Waals surface area contributed by atoms with Gasteiger partial charge in [-0.1, -0.05) is 54.6 Å². The highest BCUT2D eigenvalue weighted by atomic mass is 16.2. The zero-order valence-corrected chi connectivity index (χ0v) is 15.6. The number of fused-ring (bicyclic) bond motifs is 1. The lowest BCUT2D eigenvalue weighted by atomic mass is 9.80. The molecule has 0 aromatic heterocycles. The van der Waals surface area contributed by atoms with Gasteiger partial charge in [-0.2, -0.15) is 0 Å². The first kappa shape index (κ1) is 18.8. The summed E-state index contributed by atoms with van der Waals surface area (Å²) in [7, 11) is 0. The Morgan fingerprint density at radius 1 is 1.11 bits per heavy atom. The fourth-order valence-electron chi connectivity index (χ4n) is 3.57. The molecule has 1 aromatic carbocycles. The Labute approximate surface area is 159 Å². The number of carbonyl (C=O) groups excluding carboxylic acids is 3. The summed E-state index contributed by atoms with van der Waals surface area (Å²) in [6.45, 7) is 3.10. The molecule has 0 bridgehead atoms. The van der Waals surface area contributed by atoms with Crippen LogP contribution >= 0.6 is 0 Å². The van der Waals surface area contributed by atoms with Crippen molar-refractivity contribution in [1.29, 1.82) is 0 Å². The van der Waals surface area contributed by atoms with E-state index >= 15 is 0 Å². The van der Waals surface area contributed by atoms with Gasteiger partial charge in [0.05, 0.1) is 6.04 Å². The van der Waals surface area contributed by atoms with Crippen LogP contribution in [0, 0.1) is 0 Å². The van der Waals surface area contributed by atoms with Gasteiger partial charge in [0.2, 0.25) is 5.91 Å². The van der Waals surface area contributed by atoms with Crippen molar-refractivity contribution >= 4 is 17.5 Å².